The van der Waals surface area contributed by atoms with Gasteiger partial charge in [-0.3, -0.25) is 14.6 Å². The maximum absolute atomic E-state index is 14.1. The van der Waals surface area contributed by atoms with Crippen LogP contribution in [0.4, 0.5) is 114 Å². The van der Waals surface area contributed by atoms with Crippen LogP contribution < -0.4 is 34.8 Å². The molecule has 0 heterocycles. The Morgan fingerprint density at radius 1 is 0.561 bits per heavy atom. The van der Waals surface area contributed by atoms with Crippen molar-refractivity contribution >= 4 is 24.0 Å². The van der Waals surface area contributed by atoms with E-state index in [2.05, 4.69) is 18.8 Å². The van der Waals surface area contributed by atoms with Crippen LogP contribution in [0.2, 0.25) is 0 Å². The van der Waals surface area contributed by atoms with Gasteiger partial charge in [-0.25, -0.2) is 8.78 Å². The van der Waals surface area contributed by atoms with Gasteiger partial charge in [0.25, 0.3) is 0 Å². The van der Waals surface area contributed by atoms with E-state index in [0.29, 0.717) is 0 Å². The Labute approximate surface area is 323 Å². The first-order valence-electron chi connectivity index (χ1n) is 13.3. The predicted molar refractivity (Wildman–Crippen MR) is 120 cm³/mol. The summed E-state index contributed by atoms with van der Waals surface area (Å²) in [5, 5.41) is 9.62. The fourth-order valence-electron chi connectivity index (χ4n) is 3.39. The van der Waals surface area contributed by atoms with Crippen molar-refractivity contribution in [2.24, 2.45) is 0 Å². The van der Waals surface area contributed by atoms with E-state index in [1.165, 1.54) is 0 Å². The van der Waals surface area contributed by atoms with Crippen LogP contribution in [0.25, 0.3) is 0 Å². The molecular weight excluding hydrogens is 925 g/mol. The largest absolute Gasteiger partial charge is 1.00 e. The second kappa shape index (κ2) is 19.0. The summed E-state index contributed by atoms with van der Waals surface area (Å²) in [6.07, 6.45) is -37.9. The third-order valence-corrected chi connectivity index (χ3v) is 7.35. The zero-order valence-electron chi connectivity index (χ0n) is 26.6. The molecule has 0 aliphatic carbocycles. The van der Waals surface area contributed by atoms with Crippen molar-refractivity contribution in [3.8, 4) is 0 Å². The van der Waals surface area contributed by atoms with Crippen LogP contribution in [0.15, 0.2) is 0 Å². The quantitative estimate of drug-likeness (QED) is 0.0339. The molecule has 1 unspecified atom stereocenters. The van der Waals surface area contributed by atoms with E-state index in [4.69, 9.17) is 0 Å². The van der Waals surface area contributed by atoms with Gasteiger partial charge in [-0.05, 0) is 12.8 Å². The topological polar surface area (TPSA) is 94.1 Å². The molecule has 0 aromatic heterocycles. The summed E-state index contributed by atoms with van der Waals surface area (Å²) in [5.74, 6) is -69.6. The van der Waals surface area contributed by atoms with Gasteiger partial charge in [-0.15, -0.1) is 0 Å². The molecule has 7 nitrogen and oxygen atoms in total. The monoisotopic (exact) mass is 940 g/mol. The maximum atomic E-state index is 14.1. The van der Waals surface area contributed by atoms with Crippen molar-refractivity contribution in [2.75, 3.05) is 6.61 Å². The summed E-state index contributed by atoms with van der Waals surface area (Å²) in [6.45, 7) is -3.31. The number of alkyl halides is 26. The van der Waals surface area contributed by atoms with Crippen molar-refractivity contribution in [3.63, 3.8) is 0 Å². The zero-order chi connectivity index (χ0) is 45.2. The number of esters is 2. The molecule has 0 bridgehead atoms. The molecule has 0 aromatic carbocycles. The van der Waals surface area contributed by atoms with Crippen LogP contribution >= 0.6 is 12.0 Å². The fraction of sp³-hybridized carbons (Fsp3) is 0.909. The van der Waals surface area contributed by atoms with Gasteiger partial charge in [-0.2, -0.15) is 110 Å². The Balaban J connectivity index is 0. The van der Waals surface area contributed by atoms with Gasteiger partial charge in [0.2, 0.25) is 0 Å². The molecule has 0 saturated heterocycles. The molecule has 0 rings (SSSR count). The van der Waals surface area contributed by atoms with Crippen LogP contribution in [-0.2, 0) is 28.4 Å². The van der Waals surface area contributed by atoms with Crippen molar-refractivity contribution in [3.05, 3.63) is 0 Å². The zero-order valence-corrected chi connectivity index (χ0v) is 29.4. The van der Waals surface area contributed by atoms with Gasteiger partial charge in [0, 0.05) is 24.9 Å². The molecule has 0 aromatic rings. The van der Waals surface area contributed by atoms with Crippen LogP contribution in [0.5, 0.6) is 0 Å². The van der Waals surface area contributed by atoms with Gasteiger partial charge in [0.15, 0.2) is 6.61 Å². The maximum Gasteiger partial charge on any atom is 1.00 e. The fourth-order valence-corrected chi connectivity index (χ4v) is 3.85. The third kappa shape index (κ3) is 12.2. The average Bonchev–Trinajstić information content (AvgIpc) is 3.01. The average molecular weight is 940 g/mol. The second-order valence-corrected chi connectivity index (χ2v) is 11.5. The summed E-state index contributed by atoms with van der Waals surface area (Å²) < 4.78 is 353. The van der Waals surface area contributed by atoms with Gasteiger partial charge >= 0.3 is 114 Å². The van der Waals surface area contributed by atoms with Crippen LogP contribution in [-0.4, -0.2) is 102 Å². The second-order valence-electron chi connectivity index (χ2n) is 10.6. The summed E-state index contributed by atoms with van der Waals surface area (Å²) >= 11 is -1.03. The van der Waals surface area contributed by atoms with Gasteiger partial charge in [-0.1, -0.05) is 0 Å². The molecule has 0 aliphatic rings. The number of hydrogen-bond donors (Lipinski definition) is 0. The molecule has 57 heavy (non-hydrogen) atoms. The number of rotatable bonds is 22. The molecule has 0 spiro atoms. The molecule has 334 valence electrons. The van der Waals surface area contributed by atoms with Crippen LogP contribution in [0.3, 0.4) is 0 Å². The Morgan fingerprint density at radius 3 is 1.25 bits per heavy atom. The van der Waals surface area contributed by atoms with Gasteiger partial charge in [0.1, 0.15) is 11.4 Å². The Kier molecular flexibility index (Phi) is 19.1. The number of carbonyl (C=O) groups excluding carboxylic acids is 2. The Bertz CT molecular complexity index is 1270. The van der Waals surface area contributed by atoms with E-state index in [0.717, 1.165) is 0 Å². The Morgan fingerprint density at radius 2 is 0.930 bits per heavy atom. The summed E-state index contributed by atoms with van der Waals surface area (Å²) in [4.78, 5) is 24.3. The molecule has 0 fully saturated rings. The standard InChI is InChI=1S/C22H16F26O7S.Na/c23-11(24)15(31,32)16(33,34)14(29,30)6-52-9(49)5-8(56-55-54-51)10(50)53-7(1-3-12(25,26)17(35,36)19(39,40)21(43,44)45)2-4-13(27,28)18(37,38)20(41,42)22(46,47)48;/h7-8,11,51H,1-6H2;/q;+1/p-1. The van der Waals surface area contributed by atoms with E-state index in [1.54, 1.807) is 0 Å². The first-order chi connectivity index (χ1) is 24.5. The van der Waals surface area contributed by atoms with Crippen LogP contribution in [0, 0.1) is 0 Å². The molecule has 1 atom stereocenters. The first-order valence-corrected chi connectivity index (χ1v) is 14.1. The number of hydrogen-bond acceptors (Lipinski definition) is 8. The molecule has 35 heteroatoms. The van der Waals surface area contributed by atoms with E-state index >= 15 is 0 Å². The minimum absolute atomic E-state index is 0. The number of ether oxygens (including phenoxy) is 2. The number of halogens is 26. The smallest absolute Gasteiger partial charge is 0.691 e. The van der Waals surface area contributed by atoms with Crippen molar-refractivity contribution in [2.45, 2.75) is 116 Å². The van der Waals surface area contributed by atoms with Crippen molar-refractivity contribution in [1.29, 1.82) is 0 Å². The molecule has 0 saturated carbocycles. The predicted octanol–water partition coefficient (Wildman–Crippen LogP) is 5.74. The summed E-state index contributed by atoms with van der Waals surface area (Å²) in [6, 6.07) is 0. The SMILES string of the molecule is O=C(CC(SOO[O-])C(=O)OC(CCC(F)(F)C(F)(F)C(F)(F)C(F)(F)F)CCC(F)(F)C(F)(F)C(F)(F)C(F)(F)F)OCC(F)(F)C(F)(F)C(F)(F)C(F)F.[Na+]. The molecular formula is C22H15F26NaO7S. The number of carbonyl (C=O) groups is 2. The third-order valence-electron chi connectivity index (χ3n) is 6.63. The minimum Gasteiger partial charge on any atom is -0.691 e. The molecule has 0 aliphatic heterocycles. The normalized spacial score (nSPS) is 15.5. The molecule has 0 radical (unpaired) electrons. The van der Waals surface area contributed by atoms with E-state index < -0.39 is 146 Å². The van der Waals surface area contributed by atoms with E-state index in [1.807, 2.05) is 0 Å². The summed E-state index contributed by atoms with van der Waals surface area (Å²) in [7, 11) is 0. The van der Waals surface area contributed by atoms with Crippen LogP contribution in [0.1, 0.15) is 32.1 Å². The van der Waals surface area contributed by atoms with E-state index in [9.17, 15) is 129 Å². The molecule has 0 amide bonds. The summed E-state index contributed by atoms with van der Waals surface area (Å²) in [5.41, 5.74) is 0. The first kappa shape index (κ1) is 57.4. The molecule has 0 N–H and O–H groups in total. The van der Waals surface area contributed by atoms with Crippen molar-refractivity contribution < 1.29 is 177 Å². The van der Waals surface area contributed by atoms with Gasteiger partial charge in [0.05, 0.1) is 6.42 Å². The Hall–Kier alpha value is -1.65. The van der Waals surface area contributed by atoms with Gasteiger partial charge < -0.3 is 14.7 Å². The minimum atomic E-state index is -7.68. The van der Waals surface area contributed by atoms with E-state index in [-0.39, 0.29) is 29.6 Å². The van der Waals surface area contributed by atoms with Crippen molar-refractivity contribution in [1.82, 2.24) is 0 Å².